The Morgan fingerprint density at radius 2 is 1.86 bits per heavy atom. The zero-order chi connectivity index (χ0) is 20.4. The molecule has 1 atom stereocenters. The first kappa shape index (κ1) is 19.2. The van der Waals surface area contributed by atoms with Crippen LogP contribution in [0.4, 0.5) is 10.5 Å². The van der Waals surface area contributed by atoms with E-state index in [1.54, 1.807) is 11.0 Å². The molecule has 0 saturated carbocycles. The van der Waals surface area contributed by atoms with E-state index in [0.717, 1.165) is 16.2 Å². The zero-order valence-corrected chi connectivity index (χ0v) is 16.7. The van der Waals surface area contributed by atoms with Gasteiger partial charge in [-0.2, -0.15) is 0 Å². The molecule has 0 radical (unpaired) electrons. The first-order chi connectivity index (χ1) is 14.0. The number of nitrogens with two attached hydrogens (primary N) is 2. The summed E-state index contributed by atoms with van der Waals surface area (Å²) in [6, 6.07) is 16.9. The van der Waals surface area contributed by atoms with Crippen LogP contribution >= 0.6 is 11.8 Å². The first-order valence-corrected chi connectivity index (χ1v) is 10.2. The Morgan fingerprint density at radius 3 is 2.59 bits per heavy atom. The van der Waals surface area contributed by atoms with Crippen LogP contribution in [0.3, 0.4) is 0 Å². The number of anilines is 1. The second-order valence-corrected chi connectivity index (χ2v) is 8.39. The van der Waals surface area contributed by atoms with Crippen molar-refractivity contribution in [2.45, 2.75) is 17.8 Å². The third-order valence-electron chi connectivity index (χ3n) is 5.17. The Morgan fingerprint density at radius 1 is 1.14 bits per heavy atom. The third-order valence-corrected chi connectivity index (χ3v) is 6.62. The van der Waals surface area contributed by atoms with Gasteiger partial charge in [-0.1, -0.05) is 60.3 Å². The van der Waals surface area contributed by atoms with Crippen LogP contribution in [0.5, 0.6) is 0 Å². The lowest BCUT2D eigenvalue weighted by Gasteiger charge is -2.28. The highest BCUT2D eigenvalue weighted by Crippen LogP contribution is 2.49. The summed E-state index contributed by atoms with van der Waals surface area (Å²) < 4.78 is 0. The molecule has 6 N–H and O–H groups in total. The molecule has 150 valence electrons. The normalized spacial score (nSPS) is 20.8. The van der Waals surface area contributed by atoms with Gasteiger partial charge in [0.2, 0.25) is 0 Å². The van der Waals surface area contributed by atoms with Gasteiger partial charge in [0.1, 0.15) is 0 Å². The van der Waals surface area contributed by atoms with E-state index in [-0.39, 0.29) is 6.03 Å². The highest BCUT2D eigenvalue weighted by Gasteiger charge is 2.48. The maximum Gasteiger partial charge on any atom is 0.317 e. The highest BCUT2D eigenvalue weighted by atomic mass is 32.2. The standard InChI is InChI=1S/C21H23N5O2S/c22-16-9-5-4-8-15(16)21(19(23)27)25-17-10-11-26(13-18(17)29-21)20(28)24-12-14-6-2-1-3-7-14/h1-9,25H,10-13,22H2,(H2,23,27)(H,24,28). The minimum Gasteiger partial charge on any atom is -0.398 e. The Hall–Kier alpha value is -3.13. The number of thioether (sulfide) groups is 1. The Labute approximate surface area is 173 Å². The molecule has 4 rings (SSSR count). The van der Waals surface area contributed by atoms with E-state index in [1.165, 1.54) is 11.8 Å². The fourth-order valence-electron chi connectivity index (χ4n) is 3.63. The number of nitrogens with zero attached hydrogens (tertiary/aromatic N) is 1. The van der Waals surface area contributed by atoms with E-state index in [4.69, 9.17) is 11.5 Å². The lowest BCUT2D eigenvalue weighted by molar-refractivity contribution is -0.121. The quantitative estimate of drug-likeness (QED) is 0.578. The number of benzene rings is 2. The summed E-state index contributed by atoms with van der Waals surface area (Å²) in [5.41, 5.74) is 15.1. The summed E-state index contributed by atoms with van der Waals surface area (Å²) in [5.74, 6) is -0.505. The third kappa shape index (κ3) is 3.63. The molecule has 2 aromatic rings. The minimum atomic E-state index is -1.15. The number of carbonyl (C=O) groups is 2. The molecule has 7 nitrogen and oxygen atoms in total. The molecular formula is C21H23N5O2S. The second kappa shape index (κ2) is 7.71. The van der Waals surface area contributed by atoms with Crippen molar-refractivity contribution >= 4 is 29.4 Å². The van der Waals surface area contributed by atoms with Crippen LogP contribution in [-0.4, -0.2) is 29.9 Å². The summed E-state index contributed by atoms with van der Waals surface area (Å²) in [7, 11) is 0. The molecule has 2 heterocycles. The number of hydrogen-bond acceptors (Lipinski definition) is 5. The van der Waals surface area contributed by atoms with Crippen molar-refractivity contribution in [3.05, 3.63) is 76.3 Å². The summed E-state index contributed by atoms with van der Waals surface area (Å²) in [6.45, 7) is 1.46. The highest BCUT2D eigenvalue weighted by molar-refractivity contribution is 8.05. The van der Waals surface area contributed by atoms with Gasteiger partial charge in [0.15, 0.2) is 4.87 Å². The van der Waals surface area contributed by atoms with Crippen LogP contribution in [0.1, 0.15) is 17.5 Å². The molecule has 2 aliphatic heterocycles. The molecule has 1 unspecified atom stereocenters. The number of para-hydroxylation sites is 1. The molecule has 0 aliphatic carbocycles. The van der Waals surface area contributed by atoms with E-state index in [0.29, 0.717) is 37.3 Å². The van der Waals surface area contributed by atoms with Crippen LogP contribution in [0.25, 0.3) is 0 Å². The van der Waals surface area contributed by atoms with Crippen molar-refractivity contribution in [2.24, 2.45) is 5.73 Å². The van der Waals surface area contributed by atoms with E-state index in [2.05, 4.69) is 10.6 Å². The Kier molecular flexibility index (Phi) is 5.10. The number of nitrogen functional groups attached to an aromatic ring is 1. The minimum absolute atomic E-state index is 0.128. The van der Waals surface area contributed by atoms with E-state index >= 15 is 0 Å². The molecular weight excluding hydrogens is 386 g/mol. The number of primary amides is 1. The van der Waals surface area contributed by atoms with Gasteiger partial charge in [0.05, 0.1) is 6.54 Å². The Balaban J connectivity index is 1.47. The molecule has 0 fully saturated rings. The number of carbonyl (C=O) groups excluding carboxylic acids is 2. The van der Waals surface area contributed by atoms with Crippen LogP contribution in [0.15, 0.2) is 65.2 Å². The topological polar surface area (TPSA) is 113 Å². The second-order valence-electron chi connectivity index (χ2n) is 7.08. The molecule has 0 bridgehead atoms. The average molecular weight is 410 g/mol. The van der Waals surface area contributed by atoms with Gasteiger partial charge in [-0.05, 0) is 11.6 Å². The summed E-state index contributed by atoms with van der Waals surface area (Å²) in [4.78, 5) is 26.6. The fraction of sp³-hybridized carbons (Fsp3) is 0.238. The molecule has 2 aliphatic rings. The first-order valence-electron chi connectivity index (χ1n) is 9.40. The lowest BCUT2D eigenvalue weighted by Crippen LogP contribution is -2.47. The van der Waals surface area contributed by atoms with Crippen molar-refractivity contribution < 1.29 is 9.59 Å². The SMILES string of the molecule is NC(=O)C1(c2ccccc2N)NC2=C(CN(C(=O)NCc3ccccc3)CC2)S1. The molecule has 0 spiro atoms. The molecule has 2 aromatic carbocycles. The monoisotopic (exact) mass is 409 g/mol. The predicted molar refractivity (Wildman–Crippen MR) is 114 cm³/mol. The van der Waals surface area contributed by atoms with E-state index in [9.17, 15) is 9.59 Å². The summed E-state index contributed by atoms with van der Waals surface area (Å²) in [6.07, 6.45) is 0.628. The molecule has 0 saturated heterocycles. The van der Waals surface area contributed by atoms with Crippen molar-refractivity contribution in [2.75, 3.05) is 18.8 Å². The zero-order valence-electron chi connectivity index (χ0n) is 15.9. The maximum atomic E-state index is 12.6. The van der Waals surface area contributed by atoms with E-state index in [1.807, 2.05) is 48.5 Å². The smallest absolute Gasteiger partial charge is 0.317 e. The molecule has 29 heavy (non-hydrogen) atoms. The number of rotatable bonds is 4. The van der Waals surface area contributed by atoms with Crippen LogP contribution in [0.2, 0.25) is 0 Å². The predicted octanol–water partition coefficient (Wildman–Crippen LogP) is 2.07. The van der Waals surface area contributed by atoms with Crippen LogP contribution in [0, 0.1) is 0 Å². The van der Waals surface area contributed by atoms with Crippen LogP contribution < -0.4 is 22.1 Å². The largest absolute Gasteiger partial charge is 0.398 e. The maximum absolute atomic E-state index is 12.6. The summed E-state index contributed by atoms with van der Waals surface area (Å²) >= 11 is 1.35. The van der Waals surface area contributed by atoms with Gasteiger partial charge >= 0.3 is 6.03 Å². The lowest BCUT2D eigenvalue weighted by atomic mass is 10.0. The van der Waals surface area contributed by atoms with Gasteiger partial charge in [0.25, 0.3) is 5.91 Å². The summed E-state index contributed by atoms with van der Waals surface area (Å²) in [5, 5.41) is 6.27. The average Bonchev–Trinajstić information content (AvgIpc) is 3.13. The van der Waals surface area contributed by atoms with Crippen molar-refractivity contribution in [3.8, 4) is 0 Å². The molecule has 0 aromatic heterocycles. The number of urea groups is 1. The Bertz CT molecular complexity index is 978. The fourth-order valence-corrected chi connectivity index (χ4v) is 5.06. The van der Waals surface area contributed by atoms with Gasteiger partial charge in [-0.15, -0.1) is 0 Å². The number of hydrogen-bond donors (Lipinski definition) is 4. The van der Waals surface area contributed by atoms with Gasteiger partial charge in [-0.3, -0.25) is 4.79 Å². The molecule has 8 heteroatoms. The van der Waals surface area contributed by atoms with Gasteiger partial charge in [0, 0.05) is 41.4 Å². The van der Waals surface area contributed by atoms with Gasteiger partial charge < -0.3 is 27.0 Å². The number of nitrogens with one attached hydrogen (secondary N) is 2. The van der Waals surface area contributed by atoms with Crippen LogP contribution in [-0.2, 0) is 16.2 Å². The van der Waals surface area contributed by atoms with Crippen molar-refractivity contribution in [1.29, 1.82) is 0 Å². The van der Waals surface area contributed by atoms with Gasteiger partial charge in [-0.25, -0.2) is 4.79 Å². The van der Waals surface area contributed by atoms with E-state index < -0.39 is 10.8 Å². The molecule has 3 amide bonds. The number of amides is 3. The van der Waals surface area contributed by atoms with Crippen molar-refractivity contribution in [3.63, 3.8) is 0 Å². The van der Waals surface area contributed by atoms with Crippen molar-refractivity contribution in [1.82, 2.24) is 15.5 Å².